The van der Waals surface area contributed by atoms with Gasteiger partial charge in [-0.25, -0.2) is 0 Å². The molecule has 0 bridgehead atoms. The zero-order chi connectivity index (χ0) is 15.2. The number of primary amides is 1. The van der Waals surface area contributed by atoms with Gasteiger partial charge in [0.15, 0.2) is 5.88 Å². The van der Waals surface area contributed by atoms with E-state index >= 15 is 0 Å². The van der Waals surface area contributed by atoms with E-state index in [0.29, 0.717) is 5.69 Å². The average Bonchev–Trinajstić information content (AvgIpc) is 2.35. The molecule has 0 saturated carbocycles. The summed E-state index contributed by atoms with van der Waals surface area (Å²) in [5, 5.41) is 0. The number of nitrogens with zero attached hydrogens (tertiary/aromatic N) is 1. The molecule has 0 aliphatic heterocycles. The van der Waals surface area contributed by atoms with Crippen LogP contribution in [0.2, 0.25) is 0 Å². The van der Waals surface area contributed by atoms with Gasteiger partial charge in [-0.1, -0.05) is 18.2 Å². The lowest BCUT2D eigenvalue weighted by Gasteiger charge is -2.21. The van der Waals surface area contributed by atoms with Crippen LogP contribution < -0.4 is 10.6 Å². The van der Waals surface area contributed by atoms with Gasteiger partial charge in [-0.05, 0) is 18.6 Å². The standard InChI is InChI=1S/C12H16N2O5S/c13-11(15)7-4-8-12(16)14(9-20(17,18)19)10-5-2-1-3-6-10/h1-3,5-6H,4,7-9H2,(H2,13,15)(H,17,18,19). The molecule has 0 fully saturated rings. The van der Waals surface area contributed by atoms with Gasteiger partial charge < -0.3 is 5.73 Å². The molecule has 7 nitrogen and oxygen atoms in total. The van der Waals surface area contributed by atoms with E-state index in [0.717, 1.165) is 4.90 Å². The van der Waals surface area contributed by atoms with Crippen molar-refractivity contribution in [2.45, 2.75) is 19.3 Å². The predicted octanol–water partition coefficient (Wildman–Crippen LogP) is 0.520. The van der Waals surface area contributed by atoms with Crippen LogP contribution in [0.5, 0.6) is 0 Å². The normalized spacial score (nSPS) is 11.1. The van der Waals surface area contributed by atoms with Crippen molar-refractivity contribution in [1.29, 1.82) is 0 Å². The van der Waals surface area contributed by atoms with Crippen molar-refractivity contribution in [1.82, 2.24) is 0 Å². The Morgan fingerprint density at radius 1 is 1.15 bits per heavy atom. The predicted molar refractivity (Wildman–Crippen MR) is 73.4 cm³/mol. The Bertz CT molecular complexity index is 571. The molecule has 1 aromatic carbocycles. The van der Waals surface area contributed by atoms with Crippen molar-refractivity contribution in [3.05, 3.63) is 30.3 Å². The van der Waals surface area contributed by atoms with Gasteiger partial charge >= 0.3 is 0 Å². The van der Waals surface area contributed by atoms with Crippen LogP contribution in [0.1, 0.15) is 19.3 Å². The third-order valence-corrected chi connectivity index (χ3v) is 3.06. The molecule has 0 atom stereocenters. The first kappa shape index (κ1) is 16.1. The van der Waals surface area contributed by atoms with E-state index in [2.05, 4.69) is 0 Å². The Morgan fingerprint density at radius 3 is 2.25 bits per heavy atom. The Balaban J connectivity index is 2.83. The highest BCUT2D eigenvalue weighted by Crippen LogP contribution is 2.16. The summed E-state index contributed by atoms with van der Waals surface area (Å²) in [6.07, 6.45) is 0.233. The SMILES string of the molecule is NC(=O)CCCC(=O)N(CS(=O)(=O)O)c1ccccc1. The smallest absolute Gasteiger partial charge is 0.283 e. The maximum absolute atomic E-state index is 12.0. The number of amides is 2. The Kier molecular flexibility index (Phi) is 5.66. The second-order valence-corrected chi connectivity index (χ2v) is 5.61. The summed E-state index contributed by atoms with van der Waals surface area (Å²) < 4.78 is 30.9. The molecule has 0 spiro atoms. The fourth-order valence-corrected chi connectivity index (χ4v) is 2.23. The first-order chi connectivity index (χ1) is 9.29. The van der Waals surface area contributed by atoms with Gasteiger partial charge in [-0.3, -0.25) is 19.0 Å². The van der Waals surface area contributed by atoms with Crippen molar-refractivity contribution in [2.24, 2.45) is 5.73 Å². The van der Waals surface area contributed by atoms with Crippen LogP contribution in [0, 0.1) is 0 Å². The fraction of sp³-hybridized carbons (Fsp3) is 0.333. The summed E-state index contributed by atoms with van der Waals surface area (Å²) >= 11 is 0. The van der Waals surface area contributed by atoms with E-state index in [1.165, 1.54) is 0 Å². The molecule has 0 heterocycles. The highest BCUT2D eigenvalue weighted by Gasteiger charge is 2.21. The summed E-state index contributed by atoms with van der Waals surface area (Å²) in [6, 6.07) is 8.10. The van der Waals surface area contributed by atoms with Crippen molar-refractivity contribution in [2.75, 3.05) is 10.8 Å². The number of anilines is 1. The minimum Gasteiger partial charge on any atom is -0.370 e. The van der Waals surface area contributed by atoms with Gasteiger partial charge in [0.2, 0.25) is 11.8 Å². The lowest BCUT2D eigenvalue weighted by atomic mass is 10.2. The molecule has 0 saturated heterocycles. The summed E-state index contributed by atoms with van der Waals surface area (Å²) in [7, 11) is -4.34. The van der Waals surface area contributed by atoms with Gasteiger partial charge in [0.25, 0.3) is 10.1 Å². The lowest BCUT2D eigenvalue weighted by Crippen LogP contribution is -2.35. The number of para-hydroxylation sites is 1. The van der Waals surface area contributed by atoms with E-state index < -0.39 is 27.8 Å². The van der Waals surface area contributed by atoms with Crippen LogP contribution in [0.25, 0.3) is 0 Å². The van der Waals surface area contributed by atoms with E-state index in [1.807, 2.05) is 0 Å². The maximum atomic E-state index is 12.0. The molecular weight excluding hydrogens is 284 g/mol. The molecule has 8 heteroatoms. The molecule has 20 heavy (non-hydrogen) atoms. The molecule has 1 aromatic rings. The van der Waals surface area contributed by atoms with Gasteiger partial charge in [-0.15, -0.1) is 0 Å². The number of carbonyl (C=O) groups is 2. The number of hydrogen-bond donors (Lipinski definition) is 2. The topological polar surface area (TPSA) is 118 Å². The van der Waals surface area contributed by atoms with Crippen molar-refractivity contribution >= 4 is 27.6 Å². The number of nitrogens with two attached hydrogens (primary N) is 1. The van der Waals surface area contributed by atoms with Crippen LogP contribution in [-0.4, -0.2) is 30.7 Å². The van der Waals surface area contributed by atoms with Crippen molar-refractivity contribution in [3.63, 3.8) is 0 Å². The molecule has 2 amide bonds. The van der Waals surface area contributed by atoms with Crippen molar-refractivity contribution in [3.8, 4) is 0 Å². The molecule has 0 unspecified atom stereocenters. The molecule has 0 radical (unpaired) electrons. The van der Waals surface area contributed by atoms with Crippen LogP contribution in [0.3, 0.4) is 0 Å². The lowest BCUT2D eigenvalue weighted by molar-refractivity contribution is -0.119. The minimum absolute atomic E-state index is 0.0344. The van der Waals surface area contributed by atoms with Crippen LogP contribution in [-0.2, 0) is 19.7 Å². The van der Waals surface area contributed by atoms with Gasteiger partial charge in [0.05, 0.1) is 0 Å². The minimum atomic E-state index is -4.34. The van der Waals surface area contributed by atoms with Crippen LogP contribution >= 0.6 is 0 Å². The van der Waals surface area contributed by atoms with E-state index in [9.17, 15) is 18.0 Å². The summed E-state index contributed by atoms with van der Waals surface area (Å²) in [5.74, 6) is -1.86. The molecule has 0 aromatic heterocycles. The summed E-state index contributed by atoms with van der Waals surface area (Å²) in [5.41, 5.74) is 5.32. The number of rotatable bonds is 7. The third-order valence-electron chi connectivity index (χ3n) is 2.47. The van der Waals surface area contributed by atoms with Crippen LogP contribution in [0.15, 0.2) is 30.3 Å². The number of benzene rings is 1. The monoisotopic (exact) mass is 300 g/mol. The van der Waals surface area contributed by atoms with E-state index in [-0.39, 0.29) is 19.3 Å². The Labute approximate surface area is 117 Å². The fourth-order valence-electron chi connectivity index (χ4n) is 1.61. The first-order valence-corrected chi connectivity index (χ1v) is 7.49. The number of hydrogen-bond acceptors (Lipinski definition) is 4. The largest absolute Gasteiger partial charge is 0.370 e. The Hall–Kier alpha value is -1.93. The van der Waals surface area contributed by atoms with Crippen molar-refractivity contribution < 1.29 is 22.6 Å². The van der Waals surface area contributed by atoms with E-state index in [4.69, 9.17) is 10.3 Å². The highest BCUT2D eigenvalue weighted by molar-refractivity contribution is 7.85. The van der Waals surface area contributed by atoms with E-state index in [1.54, 1.807) is 30.3 Å². The molecule has 110 valence electrons. The molecular formula is C12H16N2O5S. The molecule has 0 aliphatic rings. The van der Waals surface area contributed by atoms with Crippen LogP contribution in [0.4, 0.5) is 5.69 Å². The second kappa shape index (κ2) is 7.01. The zero-order valence-electron chi connectivity index (χ0n) is 10.7. The zero-order valence-corrected chi connectivity index (χ0v) is 11.5. The molecule has 1 rings (SSSR count). The maximum Gasteiger partial charge on any atom is 0.283 e. The van der Waals surface area contributed by atoms with Gasteiger partial charge in [-0.2, -0.15) is 8.42 Å². The molecule has 0 aliphatic carbocycles. The molecule has 3 N–H and O–H groups in total. The van der Waals surface area contributed by atoms with Gasteiger partial charge in [0, 0.05) is 18.5 Å². The van der Waals surface area contributed by atoms with Gasteiger partial charge in [0.1, 0.15) is 0 Å². The summed E-state index contributed by atoms with van der Waals surface area (Å²) in [4.78, 5) is 23.6. The summed E-state index contributed by atoms with van der Waals surface area (Å²) in [6.45, 7) is 0. The Morgan fingerprint density at radius 2 is 1.75 bits per heavy atom. The number of carbonyl (C=O) groups excluding carboxylic acids is 2. The quantitative estimate of drug-likeness (QED) is 0.712. The first-order valence-electron chi connectivity index (χ1n) is 5.88. The second-order valence-electron chi connectivity index (χ2n) is 4.19. The highest BCUT2D eigenvalue weighted by atomic mass is 32.2. The average molecular weight is 300 g/mol. The third kappa shape index (κ3) is 5.81.